The van der Waals surface area contributed by atoms with Crippen LogP contribution < -0.4 is 16.0 Å². The Hall–Kier alpha value is -1.22. The topological polar surface area (TPSA) is 41.3 Å². The predicted molar refractivity (Wildman–Crippen MR) is 100 cm³/mol. The number of rotatable bonds is 4. The van der Waals surface area contributed by atoms with E-state index in [1.807, 2.05) is 0 Å². The molecule has 2 unspecified atom stereocenters. The zero-order valence-electron chi connectivity index (χ0n) is 14.8. The molecule has 0 bridgehead atoms. The molecule has 1 saturated carbocycles. The van der Waals surface area contributed by atoms with Gasteiger partial charge in [-0.1, -0.05) is 13.8 Å². The first-order valence-electron chi connectivity index (χ1n) is 9.44. The van der Waals surface area contributed by atoms with Gasteiger partial charge < -0.3 is 16.0 Å². The van der Waals surface area contributed by atoms with Crippen LogP contribution in [0, 0.1) is 17.8 Å². The third-order valence-corrected chi connectivity index (χ3v) is 5.59. The van der Waals surface area contributed by atoms with Crippen LogP contribution >= 0.6 is 0 Å². The minimum Gasteiger partial charge on any atom is -0.385 e. The molecule has 1 saturated heterocycles. The molecular formula is C20H33N3. The van der Waals surface area contributed by atoms with Crippen molar-refractivity contribution in [2.45, 2.75) is 52.0 Å². The molecule has 0 radical (unpaired) electrons. The van der Waals surface area contributed by atoms with Gasteiger partial charge >= 0.3 is 0 Å². The number of nitrogens with zero attached hydrogens (tertiary/aromatic N) is 1. The van der Waals surface area contributed by atoms with E-state index in [1.165, 1.54) is 56.6 Å². The predicted octanol–water partition coefficient (Wildman–Crippen LogP) is 4.10. The lowest BCUT2D eigenvalue weighted by Gasteiger charge is -2.36. The van der Waals surface area contributed by atoms with E-state index in [1.54, 1.807) is 0 Å². The Kier molecular flexibility index (Phi) is 5.47. The van der Waals surface area contributed by atoms with Gasteiger partial charge in [0, 0.05) is 37.1 Å². The number of benzene rings is 1. The Morgan fingerprint density at radius 1 is 1.00 bits per heavy atom. The van der Waals surface area contributed by atoms with Gasteiger partial charge in [0.15, 0.2) is 0 Å². The molecule has 128 valence electrons. The van der Waals surface area contributed by atoms with Crippen molar-refractivity contribution in [2.75, 3.05) is 29.9 Å². The first-order valence-corrected chi connectivity index (χ1v) is 9.44. The highest BCUT2D eigenvalue weighted by atomic mass is 15.1. The molecule has 2 atom stereocenters. The summed E-state index contributed by atoms with van der Waals surface area (Å²) in [4.78, 5) is 2.55. The Balaban J connectivity index is 1.51. The Morgan fingerprint density at radius 2 is 1.61 bits per heavy atom. The van der Waals surface area contributed by atoms with Gasteiger partial charge in [-0.3, -0.25) is 0 Å². The van der Waals surface area contributed by atoms with Crippen LogP contribution in [0.25, 0.3) is 0 Å². The molecule has 1 heterocycles. The van der Waals surface area contributed by atoms with E-state index < -0.39 is 0 Å². The van der Waals surface area contributed by atoms with E-state index in [4.69, 9.17) is 5.73 Å². The van der Waals surface area contributed by atoms with E-state index in [2.05, 4.69) is 48.3 Å². The summed E-state index contributed by atoms with van der Waals surface area (Å²) in [5, 5.41) is 3.62. The monoisotopic (exact) mass is 315 g/mol. The lowest BCUT2D eigenvalue weighted by atomic mass is 9.86. The van der Waals surface area contributed by atoms with Crippen molar-refractivity contribution < 1.29 is 0 Å². The van der Waals surface area contributed by atoms with E-state index in [-0.39, 0.29) is 0 Å². The molecule has 3 N–H and O–H groups in total. The number of hydrogen-bond acceptors (Lipinski definition) is 3. The molecule has 1 aliphatic carbocycles. The van der Waals surface area contributed by atoms with Crippen LogP contribution in [0.1, 0.15) is 46.0 Å². The van der Waals surface area contributed by atoms with Gasteiger partial charge in [0.1, 0.15) is 0 Å². The van der Waals surface area contributed by atoms with Crippen LogP contribution in [0.2, 0.25) is 0 Å². The maximum Gasteiger partial charge on any atom is 0.0367 e. The molecule has 0 amide bonds. The fourth-order valence-electron chi connectivity index (χ4n) is 4.32. The summed E-state index contributed by atoms with van der Waals surface area (Å²) in [6.45, 7) is 8.21. The second-order valence-electron chi connectivity index (χ2n) is 8.06. The summed E-state index contributed by atoms with van der Waals surface area (Å²) in [6.07, 6.45) is 6.29. The molecule has 0 aromatic heterocycles. The van der Waals surface area contributed by atoms with Crippen LogP contribution in [0.15, 0.2) is 24.3 Å². The zero-order chi connectivity index (χ0) is 16.2. The van der Waals surface area contributed by atoms with Crippen molar-refractivity contribution in [3.63, 3.8) is 0 Å². The van der Waals surface area contributed by atoms with Crippen LogP contribution in [0.5, 0.6) is 0 Å². The van der Waals surface area contributed by atoms with E-state index >= 15 is 0 Å². The Morgan fingerprint density at radius 3 is 2.22 bits per heavy atom. The standard InChI is InChI=1S/C20H33N3/c1-15-11-16(2)14-23(13-15)20-9-7-19(8-10-20)22-12-17-3-5-18(21)6-4-17/h7-10,15-18,22H,3-6,11-14,21H2,1-2H3/t15?,16?,17-,18-. The Bertz CT molecular complexity index is 466. The van der Waals surface area contributed by atoms with Crippen molar-refractivity contribution in [3.05, 3.63) is 24.3 Å². The second-order valence-corrected chi connectivity index (χ2v) is 8.06. The van der Waals surface area contributed by atoms with Crippen LogP contribution in [-0.4, -0.2) is 25.7 Å². The van der Waals surface area contributed by atoms with Gasteiger partial charge in [-0.15, -0.1) is 0 Å². The molecule has 3 nitrogen and oxygen atoms in total. The summed E-state index contributed by atoms with van der Waals surface area (Å²) >= 11 is 0. The highest BCUT2D eigenvalue weighted by molar-refractivity contribution is 5.55. The lowest BCUT2D eigenvalue weighted by molar-refractivity contribution is 0.339. The van der Waals surface area contributed by atoms with Crippen molar-refractivity contribution in [1.82, 2.24) is 0 Å². The lowest BCUT2D eigenvalue weighted by Crippen LogP contribution is -2.38. The largest absolute Gasteiger partial charge is 0.385 e. The minimum atomic E-state index is 0.444. The van der Waals surface area contributed by atoms with E-state index in [9.17, 15) is 0 Å². The second kappa shape index (κ2) is 7.57. The maximum absolute atomic E-state index is 5.99. The molecule has 1 aromatic rings. The normalized spacial score (nSPS) is 31.9. The summed E-state index contributed by atoms with van der Waals surface area (Å²) in [5.74, 6) is 2.39. The van der Waals surface area contributed by atoms with Gasteiger partial charge in [0.05, 0.1) is 0 Å². The third kappa shape index (κ3) is 4.63. The average molecular weight is 316 g/mol. The highest BCUT2D eigenvalue weighted by Gasteiger charge is 2.22. The fourth-order valence-corrected chi connectivity index (χ4v) is 4.32. The number of hydrogen-bond donors (Lipinski definition) is 2. The summed E-state index contributed by atoms with van der Waals surface area (Å²) in [5.41, 5.74) is 8.61. The van der Waals surface area contributed by atoms with Crippen LogP contribution in [-0.2, 0) is 0 Å². The quantitative estimate of drug-likeness (QED) is 0.879. The molecule has 3 rings (SSSR count). The first-order chi connectivity index (χ1) is 11.1. The average Bonchev–Trinajstić information content (AvgIpc) is 2.54. The first kappa shape index (κ1) is 16.6. The fraction of sp³-hybridized carbons (Fsp3) is 0.700. The molecule has 23 heavy (non-hydrogen) atoms. The van der Waals surface area contributed by atoms with Crippen molar-refractivity contribution >= 4 is 11.4 Å². The maximum atomic E-state index is 5.99. The number of anilines is 2. The molecule has 2 fully saturated rings. The molecule has 2 aliphatic rings. The zero-order valence-corrected chi connectivity index (χ0v) is 14.8. The van der Waals surface area contributed by atoms with Crippen molar-refractivity contribution in [2.24, 2.45) is 23.5 Å². The van der Waals surface area contributed by atoms with Gasteiger partial charge in [-0.2, -0.15) is 0 Å². The number of nitrogens with two attached hydrogens (primary N) is 1. The summed E-state index contributed by atoms with van der Waals surface area (Å²) in [7, 11) is 0. The third-order valence-electron chi connectivity index (χ3n) is 5.59. The number of piperidine rings is 1. The van der Waals surface area contributed by atoms with Crippen molar-refractivity contribution in [3.8, 4) is 0 Å². The summed E-state index contributed by atoms with van der Waals surface area (Å²) < 4.78 is 0. The van der Waals surface area contributed by atoms with Crippen molar-refractivity contribution in [1.29, 1.82) is 0 Å². The smallest absolute Gasteiger partial charge is 0.0367 e. The minimum absolute atomic E-state index is 0.444. The highest BCUT2D eigenvalue weighted by Crippen LogP contribution is 2.28. The summed E-state index contributed by atoms with van der Waals surface area (Å²) in [6, 6.07) is 9.50. The van der Waals surface area contributed by atoms with Gasteiger partial charge in [0.2, 0.25) is 0 Å². The molecular weight excluding hydrogens is 282 g/mol. The van der Waals surface area contributed by atoms with Gasteiger partial charge in [-0.05, 0) is 74.1 Å². The SMILES string of the molecule is CC1CC(C)CN(c2ccc(NC[C@H]3CC[C@H](N)CC3)cc2)C1. The molecule has 1 aliphatic heterocycles. The van der Waals surface area contributed by atoms with Crippen LogP contribution in [0.3, 0.4) is 0 Å². The van der Waals surface area contributed by atoms with E-state index in [0.29, 0.717) is 6.04 Å². The van der Waals surface area contributed by atoms with Gasteiger partial charge in [-0.25, -0.2) is 0 Å². The van der Waals surface area contributed by atoms with Crippen LogP contribution in [0.4, 0.5) is 11.4 Å². The van der Waals surface area contributed by atoms with Gasteiger partial charge in [0.25, 0.3) is 0 Å². The molecule has 0 spiro atoms. The molecule has 1 aromatic carbocycles. The molecule has 3 heteroatoms. The Labute approximate surface area is 141 Å². The number of nitrogens with one attached hydrogen (secondary N) is 1. The van der Waals surface area contributed by atoms with E-state index in [0.717, 1.165) is 24.3 Å².